The molecule has 2 aromatic heterocycles. The highest BCUT2D eigenvalue weighted by molar-refractivity contribution is 7.21. The fourth-order valence-corrected chi connectivity index (χ4v) is 12.6. The van der Waals surface area contributed by atoms with Gasteiger partial charge in [0.05, 0.1) is 11.4 Å². The minimum absolute atomic E-state index is 0.494. The zero-order valence-corrected chi connectivity index (χ0v) is 28.8. The third-order valence-corrected chi connectivity index (χ3v) is 14.5. The van der Waals surface area contributed by atoms with E-state index in [1.165, 1.54) is 32.1 Å². The standard InChI is InChI=1S/C46H33N3OSi/c1-5-17-34(18-6-1)39-25-15-29-45(47-39)50-46-30-16-26-40(48-46)35-31-32-42-44(33-35)51(37-21-9-3-10-22-37,38-23-11-4-12-24-38)43-28-14-13-27-41(43)49(42)36-19-7-2-8-20-36/h1-33H. The molecule has 6 aromatic carbocycles. The average molecular weight is 672 g/mol. The summed E-state index contributed by atoms with van der Waals surface area (Å²) in [5.74, 6) is 0.995. The molecule has 5 heteroatoms. The molecule has 9 rings (SSSR count). The van der Waals surface area contributed by atoms with E-state index in [-0.39, 0.29) is 0 Å². The summed E-state index contributed by atoms with van der Waals surface area (Å²) in [7, 11) is -2.84. The van der Waals surface area contributed by atoms with Gasteiger partial charge in [0, 0.05) is 40.3 Å². The molecule has 1 aliphatic heterocycles. The number of aromatic nitrogens is 2. The van der Waals surface area contributed by atoms with E-state index in [4.69, 9.17) is 14.7 Å². The first kappa shape index (κ1) is 30.5. The molecule has 0 atom stereocenters. The van der Waals surface area contributed by atoms with Crippen molar-refractivity contribution in [2.75, 3.05) is 4.90 Å². The van der Waals surface area contributed by atoms with Crippen LogP contribution in [0.15, 0.2) is 200 Å². The molecule has 51 heavy (non-hydrogen) atoms. The maximum absolute atomic E-state index is 6.29. The molecule has 0 amide bonds. The number of pyridine rings is 2. The molecular weight excluding hydrogens is 639 g/mol. The molecule has 0 saturated carbocycles. The van der Waals surface area contributed by atoms with E-state index >= 15 is 0 Å². The van der Waals surface area contributed by atoms with E-state index in [0.29, 0.717) is 11.8 Å². The molecule has 242 valence electrons. The van der Waals surface area contributed by atoms with Crippen LogP contribution in [0.1, 0.15) is 0 Å². The van der Waals surface area contributed by atoms with Crippen molar-refractivity contribution in [3.05, 3.63) is 200 Å². The van der Waals surface area contributed by atoms with Crippen LogP contribution < -0.4 is 30.4 Å². The highest BCUT2D eigenvalue weighted by Gasteiger charge is 2.48. The lowest BCUT2D eigenvalue weighted by Crippen LogP contribution is -2.77. The molecule has 0 aliphatic carbocycles. The summed E-state index contributed by atoms with van der Waals surface area (Å²) < 4.78 is 6.29. The number of para-hydroxylation sites is 2. The Hall–Kier alpha value is -6.56. The van der Waals surface area contributed by atoms with E-state index in [0.717, 1.165) is 28.2 Å². The number of hydrogen-bond donors (Lipinski definition) is 0. The van der Waals surface area contributed by atoms with Crippen molar-refractivity contribution in [2.24, 2.45) is 0 Å². The molecule has 0 saturated heterocycles. The minimum atomic E-state index is -2.84. The third kappa shape index (κ3) is 5.41. The number of nitrogens with zero attached hydrogens (tertiary/aromatic N) is 3. The maximum Gasteiger partial charge on any atom is 0.221 e. The molecule has 0 spiro atoms. The van der Waals surface area contributed by atoms with Crippen molar-refractivity contribution < 1.29 is 4.74 Å². The van der Waals surface area contributed by atoms with Crippen LogP contribution in [0.25, 0.3) is 22.5 Å². The van der Waals surface area contributed by atoms with Crippen LogP contribution in [0.4, 0.5) is 17.1 Å². The molecular formula is C46H33N3OSi. The highest BCUT2D eigenvalue weighted by atomic mass is 28.3. The predicted molar refractivity (Wildman–Crippen MR) is 211 cm³/mol. The van der Waals surface area contributed by atoms with Gasteiger partial charge in [0.25, 0.3) is 0 Å². The summed E-state index contributed by atoms with van der Waals surface area (Å²) in [5.41, 5.74) is 7.27. The smallest absolute Gasteiger partial charge is 0.221 e. The van der Waals surface area contributed by atoms with Crippen LogP contribution >= 0.6 is 0 Å². The van der Waals surface area contributed by atoms with Crippen molar-refractivity contribution in [1.29, 1.82) is 0 Å². The lowest BCUT2D eigenvalue weighted by Gasteiger charge is -2.45. The van der Waals surface area contributed by atoms with Crippen molar-refractivity contribution in [3.8, 4) is 34.3 Å². The van der Waals surface area contributed by atoms with Gasteiger partial charge in [0.15, 0.2) is 8.07 Å². The van der Waals surface area contributed by atoms with Gasteiger partial charge >= 0.3 is 0 Å². The first-order chi connectivity index (χ1) is 25.3. The second-order valence-corrected chi connectivity index (χ2v) is 16.3. The van der Waals surface area contributed by atoms with Gasteiger partial charge < -0.3 is 9.64 Å². The quantitative estimate of drug-likeness (QED) is 0.159. The van der Waals surface area contributed by atoms with E-state index < -0.39 is 8.07 Å². The van der Waals surface area contributed by atoms with E-state index in [9.17, 15) is 0 Å². The van der Waals surface area contributed by atoms with Gasteiger partial charge in [-0.1, -0.05) is 152 Å². The van der Waals surface area contributed by atoms with E-state index in [2.05, 4.69) is 144 Å². The molecule has 0 unspecified atom stereocenters. The Balaban J connectivity index is 1.23. The first-order valence-electron chi connectivity index (χ1n) is 17.2. The van der Waals surface area contributed by atoms with Gasteiger partial charge in [-0.25, -0.2) is 9.97 Å². The van der Waals surface area contributed by atoms with Gasteiger partial charge in [-0.05, 0) is 57.1 Å². The fraction of sp³-hybridized carbons (Fsp3) is 0. The SMILES string of the molecule is c1ccc(-c2cccc(Oc3cccc(-c4ccc5c(c4)[Si](c4ccccc4)(c4ccccc4)c4ccccc4N5c4ccccc4)n3)n2)cc1. The van der Waals surface area contributed by atoms with Crippen LogP contribution in [0, 0.1) is 0 Å². The van der Waals surface area contributed by atoms with Gasteiger partial charge in [-0.2, -0.15) is 0 Å². The van der Waals surface area contributed by atoms with E-state index in [1.54, 1.807) is 0 Å². The largest absolute Gasteiger partial charge is 0.421 e. The van der Waals surface area contributed by atoms with Crippen molar-refractivity contribution in [3.63, 3.8) is 0 Å². The average Bonchev–Trinajstić information content (AvgIpc) is 3.21. The Morgan fingerprint density at radius 3 is 1.53 bits per heavy atom. The number of hydrogen-bond acceptors (Lipinski definition) is 4. The third-order valence-electron chi connectivity index (χ3n) is 9.64. The molecule has 1 aliphatic rings. The van der Waals surface area contributed by atoms with Crippen LogP contribution in [-0.2, 0) is 0 Å². The number of rotatable bonds is 7. The van der Waals surface area contributed by atoms with Crippen LogP contribution in [0.5, 0.6) is 11.8 Å². The molecule has 8 aromatic rings. The summed E-state index contributed by atoms with van der Waals surface area (Å²) in [4.78, 5) is 12.2. The molecule has 0 radical (unpaired) electrons. The van der Waals surface area contributed by atoms with Gasteiger partial charge in [0.2, 0.25) is 11.8 Å². The van der Waals surface area contributed by atoms with Gasteiger partial charge in [-0.3, -0.25) is 0 Å². The summed E-state index contributed by atoms with van der Waals surface area (Å²) in [6.07, 6.45) is 0. The number of benzene rings is 6. The van der Waals surface area contributed by atoms with Crippen molar-refractivity contribution >= 4 is 45.9 Å². The maximum atomic E-state index is 6.29. The van der Waals surface area contributed by atoms with E-state index in [1.807, 2.05) is 60.7 Å². The Morgan fingerprint density at radius 1 is 0.392 bits per heavy atom. The normalized spacial score (nSPS) is 12.8. The molecule has 0 N–H and O–H groups in total. The van der Waals surface area contributed by atoms with Crippen molar-refractivity contribution in [1.82, 2.24) is 9.97 Å². The Morgan fingerprint density at radius 2 is 0.902 bits per heavy atom. The summed E-state index contributed by atoms with van der Waals surface area (Å²) in [6.45, 7) is 0. The molecule has 0 fully saturated rings. The zero-order valence-electron chi connectivity index (χ0n) is 27.8. The second kappa shape index (κ2) is 13.0. The molecule has 4 nitrogen and oxygen atoms in total. The van der Waals surface area contributed by atoms with Crippen LogP contribution in [0.2, 0.25) is 0 Å². The summed E-state index contributed by atoms with van der Waals surface area (Å²) in [6, 6.07) is 70.6. The van der Waals surface area contributed by atoms with Crippen LogP contribution in [0.3, 0.4) is 0 Å². The Bertz CT molecular complexity index is 2420. The van der Waals surface area contributed by atoms with Gasteiger partial charge in [0.1, 0.15) is 0 Å². The molecule has 3 heterocycles. The van der Waals surface area contributed by atoms with Crippen LogP contribution in [-0.4, -0.2) is 18.0 Å². The number of fused-ring (bicyclic) bond motifs is 2. The Kier molecular flexibility index (Phi) is 7.80. The van der Waals surface area contributed by atoms with Gasteiger partial charge in [-0.15, -0.1) is 0 Å². The predicted octanol–water partition coefficient (Wildman–Crippen LogP) is 8.76. The Labute approximate surface area is 299 Å². The zero-order chi connectivity index (χ0) is 34.0. The first-order valence-corrected chi connectivity index (χ1v) is 19.2. The monoisotopic (exact) mass is 671 g/mol. The van der Waals surface area contributed by atoms with Crippen molar-refractivity contribution in [2.45, 2.75) is 0 Å². The fourth-order valence-electron chi connectivity index (χ4n) is 7.45. The number of anilines is 3. The highest BCUT2D eigenvalue weighted by Crippen LogP contribution is 2.39. The number of ether oxygens (including phenoxy) is 1. The lowest BCUT2D eigenvalue weighted by molar-refractivity contribution is 0.446. The summed E-state index contributed by atoms with van der Waals surface area (Å²) >= 11 is 0. The molecule has 0 bridgehead atoms. The summed E-state index contributed by atoms with van der Waals surface area (Å²) in [5, 5.41) is 5.34. The lowest BCUT2D eigenvalue weighted by atomic mass is 10.1. The second-order valence-electron chi connectivity index (χ2n) is 12.6. The minimum Gasteiger partial charge on any atom is -0.421 e. The topological polar surface area (TPSA) is 38.2 Å².